The third kappa shape index (κ3) is 4.51. The fourth-order valence-electron chi connectivity index (χ4n) is 3.14. The predicted octanol–water partition coefficient (Wildman–Crippen LogP) is 3.31. The van der Waals surface area contributed by atoms with E-state index in [1.807, 2.05) is 12.1 Å². The van der Waals surface area contributed by atoms with Crippen molar-refractivity contribution in [1.82, 2.24) is 10.6 Å². The van der Waals surface area contributed by atoms with Crippen molar-refractivity contribution in [2.24, 2.45) is 0 Å². The third-order valence-corrected chi connectivity index (χ3v) is 4.48. The van der Waals surface area contributed by atoms with E-state index in [0.29, 0.717) is 13.1 Å². The van der Waals surface area contributed by atoms with Gasteiger partial charge in [-0.1, -0.05) is 30.3 Å². The van der Waals surface area contributed by atoms with Crippen LogP contribution in [0.4, 0.5) is 4.79 Å². The Hall–Kier alpha value is -2.49. The van der Waals surface area contributed by atoms with Gasteiger partial charge in [0.1, 0.15) is 5.75 Å². The summed E-state index contributed by atoms with van der Waals surface area (Å²) in [6, 6.07) is 13.6. The molecule has 3 rings (SSSR count). The Balaban J connectivity index is 1.34. The van der Waals surface area contributed by atoms with Gasteiger partial charge in [0.2, 0.25) is 0 Å². The van der Waals surface area contributed by atoms with Gasteiger partial charge in [0.15, 0.2) is 0 Å². The Morgan fingerprint density at radius 2 is 1.71 bits per heavy atom. The number of urea groups is 1. The van der Waals surface area contributed by atoms with E-state index in [1.54, 1.807) is 12.1 Å². The van der Waals surface area contributed by atoms with E-state index in [4.69, 9.17) is 0 Å². The largest absolute Gasteiger partial charge is 0.508 e. The summed E-state index contributed by atoms with van der Waals surface area (Å²) in [5, 5.41) is 15.0. The highest BCUT2D eigenvalue weighted by Crippen LogP contribution is 2.22. The standard InChI is InChI=1S/C20H24N2O2/c23-19-10-7-15(8-11-19)3-2-12-21-20(24)22-14-16-6-9-17-4-1-5-18(17)13-16/h6-11,13,23H,1-5,12,14H2,(H2,21,22,24). The van der Waals surface area contributed by atoms with Crippen LogP contribution in [0.15, 0.2) is 42.5 Å². The van der Waals surface area contributed by atoms with Crippen molar-refractivity contribution in [2.75, 3.05) is 6.54 Å². The van der Waals surface area contributed by atoms with Crippen LogP contribution >= 0.6 is 0 Å². The zero-order chi connectivity index (χ0) is 16.8. The van der Waals surface area contributed by atoms with Gasteiger partial charge in [-0.05, 0) is 66.5 Å². The van der Waals surface area contributed by atoms with Gasteiger partial charge in [-0.15, -0.1) is 0 Å². The van der Waals surface area contributed by atoms with Gasteiger partial charge >= 0.3 is 6.03 Å². The van der Waals surface area contributed by atoms with Crippen LogP contribution < -0.4 is 10.6 Å². The van der Waals surface area contributed by atoms with Crippen LogP contribution in [0.5, 0.6) is 5.75 Å². The molecule has 4 heteroatoms. The SMILES string of the molecule is O=C(NCCCc1ccc(O)cc1)NCc1ccc2c(c1)CCC2. The minimum absolute atomic E-state index is 0.124. The van der Waals surface area contributed by atoms with Gasteiger partial charge in [0.05, 0.1) is 0 Å². The molecule has 0 radical (unpaired) electrons. The number of phenols is 1. The number of rotatable bonds is 6. The molecule has 2 aromatic rings. The number of carbonyl (C=O) groups is 1. The molecular weight excluding hydrogens is 300 g/mol. The van der Waals surface area contributed by atoms with Gasteiger partial charge in [-0.2, -0.15) is 0 Å². The number of hydrogen-bond donors (Lipinski definition) is 3. The highest BCUT2D eigenvalue weighted by molar-refractivity contribution is 5.73. The van der Waals surface area contributed by atoms with E-state index in [9.17, 15) is 9.90 Å². The summed E-state index contributed by atoms with van der Waals surface area (Å²) in [5.74, 6) is 0.280. The summed E-state index contributed by atoms with van der Waals surface area (Å²) in [7, 11) is 0. The normalized spacial score (nSPS) is 12.7. The Bertz CT molecular complexity index is 695. The first-order chi connectivity index (χ1) is 11.7. The van der Waals surface area contributed by atoms with E-state index in [1.165, 1.54) is 24.0 Å². The number of amides is 2. The molecule has 1 aliphatic carbocycles. The van der Waals surface area contributed by atoms with Crippen molar-refractivity contribution < 1.29 is 9.90 Å². The second-order valence-corrected chi connectivity index (χ2v) is 6.34. The molecule has 1 aliphatic rings. The van der Waals surface area contributed by atoms with Gasteiger partial charge in [0.25, 0.3) is 0 Å². The molecule has 0 spiro atoms. The fourth-order valence-corrected chi connectivity index (χ4v) is 3.14. The lowest BCUT2D eigenvalue weighted by Crippen LogP contribution is -2.35. The number of benzene rings is 2. The molecule has 24 heavy (non-hydrogen) atoms. The number of phenolic OH excluding ortho intramolecular Hbond substituents is 1. The van der Waals surface area contributed by atoms with Crippen LogP contribution in [0, 0.1) is 0 Å². The number of nitrogens with one attached hydrogen (secondary N) is 2. The van der Waals surface area contributed by atoms with Crippen LogP contribution in [-0.4, -0.2) is 17.7 Å². The summed E-state index contributed by atoms with van der Waals surface area (Å²) in [6.07, 6.45) is 5.34. The third-order valence-electron chi connectivity index (χ3n) is 4.48. The molecule has 3 N–H and O–H groups in total. The zero-order valence-electron chi connectivity index (χ0n) is 13.8. The number of fused-ring (bicyclic) bond motifs is 1. The van der Waals surface area contributed by atoms with Gasteiger partial charge in [-0.25, -0.2) is 4.79 Å². The molecule has 0 saturated carbocycles. The van der Waals surface area contributed by atoms with Crippen molar-refractivity contribution >= 4 is 6.03 Å². The lowest BCUT2D eigenvalue weighted by molar-refractivity contribution is 0.240. The minimum atomic E-state index is -0.124. The molecule has 0 atom stereocenters. The van der Waals surface area contributed by atoms with Crippen LogP contribution in [-0.2, 0) is 25.8 Å². The first-order valence-corrected chi connectivity index (χ1v) is 8.61. The van der Waals surface area contributed by atoms with Crippen molar-refractivity contribution in [3.63, 3.8) is 0 Å². The van der Waals surface area contributed by atoms with Crippen LogP contribution in [0.3, 0.4) is 0 Å². The predicted molar refractivity (Wildman–Crippen MR) is 95.1 cm³/mol. The molecule has 4 nitrogen and oxygen atoms in total. The van der Waals surface area contributed by atoms with Crippen LogP contribution in [0.2, 0.25) is 0 Å². The highest BCUT2D eigenvalue weighted by atomic mass is 16.3. The average Bonchev–Trinajstić information content (AvgIpc) is 3.06. The van der Waals surface area contributed by atoms with Crippen LogP contribution in [0.25, 0.3) is 0 Å². The van der Waals surface area contributed by atoms with E-state index < -0.39 is 0 Å². The van der Waals surface area contributed by atoms with Crippen LogP contribution in [0.1, 0.15) is 35.1 Å². The first kappa shape index (κ1) is 16.4. The second-order valence-electron chi connectivity index (χ2n) is 6.34. The molecule has 0 aliphatic heterocycles. The fraction of sp³-hybridized carbons (Fsp3) is 0.350. The quantitative estimate of drug-likeness (QED) is 0.714. The van der Waals surface area contributed by atoms with Gasteiger partial charge in [-0.3, -0.25) is 0 Å². The summed E-state index contributed by atoms with van der Waals surface area (Å²) in [6.45, 7) is 1.20. The number of aromatic hydroxyl groups is 1. The monoisotopic (exact) mass is 324 g/mol. The molecule has 0 aromatic heterocycles. The lowest BCUT2D eigenvalue weighted by Gasteiger charge is -2.09. The van der Waals surface area contributed by atoms with Crippen molar-refractivity contribution in [3.05, 3.63) is 64.7 Å². The molecule has 0 fully saturated rings. The van der Waals surface area contributed by atoms with Gasteiger partial charge in [0, 0.05) is 13.1 Å². The van der Waals surface area contributed by atoms with Crippen molar-refractivity contribution in [2.45, 2.75) is 38.6 Å². The first-order valence-electron chi connectivity index (χ1n) is 8.61. The van der Waals surface area contributed by atoms with E-state index in [-0.39, 0.29) is 11.8 Å². The Morgan fingerprint density at radius 1 is 0.958 bits per heavy atom. The van der Waals surface area contributed by atoms with E-state index >= 15 is 0 Å². The summed E-state index contributed by atoms with van der Waals surface area (Å²) in [5.41, 5.74) is 5.21. The zero-order valence-corrected chi connectivity index (χ0v) is 13.8. The number of aryl methyl sites for hydroxylation is 3. The van der Waals surface area contributed by atoms with Crippen molar-refractivity contribution in [1.29, 1.82) is 0 Å². The number of hydrogen-bond acceptors (Lipinski definition) is 2. The second kappa shape index (κ2) is 7.86. The minimum Gasteiger partial charge on any atom is -0.508 e. The topological polar surface area (TPSA) is 61.4 Å². The Kier molecular flexibility index (Phi) is 5.36. The Labute approximate surface area is 142 Å². The summed E-state index contributed by atoms with van der Waals surface area (Å²) < 4.78 is 0. The van der Waals surface area contributed by atoms with E-state index in [0.717, 1.165) is 30.4 Å². The molecule has 2 aromatic carbocycles. The summed E-state index contributed by atoms with van der Waals surface area (Å²) in [4.78, 5) is 11.9. The smallest absolute Gasteiger partial charge is 0.315 e. The Morgan fingerprint density at radius 3 is 2.54 bits per heavy atom. The molecule has 126 valence electrons. The molecule has 0 unspecified atom stereocenters. The molecule has 0 heterocycles. The maximum absolute atomic E-state index is 11.9. The highest BCUT2D eigenvalue weighted by Gasteiger charge is 2.10. The molecular formula is C20H24N2O2. The maximum Gasteiger partial charge on any atom is 0.315 e. The summed E-state index contributed by atoms with van der Waals surface area (Å²) >= 11 is 0. The van der Waals surface area contributed by atoms with Crippen molar-refractivity contribution in [3.8, 4) is 5.75 Å². The number of carbonyl (C=O) groups excluding carboxylic acids is 1. The maximum atomic E-state index is 11.9. The lowest BCUT2D eigenvalue weighted by atomic mass is 10.1. The van der Waals surface area contributed by atoms with Gasteiger partial charge < -0.3 is 15.7 Å². The molecule has 0 saturated heterocycles. The molecule has 0 bridgehead atoms. The molecule has 2 amide bonds. The van der Waals surface area contributed by atoms with E-state index in [2.05, 4.69) is 28.8 Å². The average molecular weight is 324 g/mol.